The number of halogens is 1. The van der Waals surface area contributed by atoms with Crippen molar-refractivity contribution in [2.24, 2.45) is 7.05 Å². The van der Waals surface area contributed by atoms with Crippen molar-refractivity contribution in [1.82, 2.24) is 4.57 Å². The molecule has 1 aliphatic rings. The zero-order chi connectivity index (χ0) is 25.0. The molecule has 2 heterocycles. The molecule has 5 nitrogen and oxygen atoms in total. The van der Waals surface area contributed by atoms with E-state index in [0.717, 1.165) is 27.2 Å². The summed E-state index contributed by atoms with van der Waals surface area (Å²) in [5.74, 6) is -1.65. The number of benzene rings is 4. The molecule has 1 aromatic heterocycles. The second-order valence-electron chi connectivity index (χ2n) is 8.92. The molecule has 1 saturated heterocycles. The maximum Gasteiger partial charge on any atom is 0.300 e. The molecule has 0 aliphatic carbocycles. The summed E-state index contributed by atoms with van der Waals surface area (Å²) in [6.45, 7) is 0. The lowest BCUT2D eigenvalue weighted by molar-refractivity contribution is -0.132. The molecule has 1 fully saturated rings. The number of aryl methyl sites for hydroxylation is 1. The minimum absolute atomic E-state index is 0.0478. The van der Waals surface area contributed by atoms with E-state index in [0.29, 0.717) is 16.3 Å². The number of ketones is 1. The van der Waals surface area contributed by atoms with Crippen molar-refractivity contribution in [2.75, 3.05) is 4.90 Å². The lowest BCUT2D eigenvalue weighted by Gasteiger charge is -2.25. The lowest BCUT2D eigenvalue weighted by atomic mass is 9.94. The number of aliphatic hydroxyl groups excluding tert-OH is 1. The van der Waals surface area contributed by atoms with E-state index in [2.05, 4.69) is 0 Å². The fourth-order valence-corrected chi connectivity index (χ4v) is 5.29. The molecule has 0 saturated carbocycles. The molecule has 4 aromatic carbocycles. The number of nitrogens with zero attached hydrogens (tertiary/aromatic N) is 2. The molecule has 1 amide bonds. The van der Waals surface area contributed by atoms with Crippen LogP contribution in [0.25, 0.3) is 27.4 Å². The first-order valence-electron chi connectivity index (χ1n) is 11.5. The van der Waals surface area contributed by atoms with Crippen LogP contribution in [0, 0.1) is 0 Å². The fourth-order valence-electron chi connectivity index (χ4n) is 5.10. The number of hydrogen-bond donors (Lipinski definition) is 1. The summed E-state index contributed by atoms with van der Waals surface area (Å²) in [7, 11) is 1.92. The molecule has 1 unspecified atom stereocenters. The zero-order valence-electron chi connectivity index (χ0n) is 19.4. The monoisotopic (exact) mass is 492 g/mol. The van der Waals surface area contributed by atoms with Crippen molar-refractivity contribution in [3.8, 4) is 0 Å². The van der Waals surface area contributed by atoms with Gasteiger partial charge in [0.15, 0.2) is 0 Å². The van der Waals surface area contributed by atoms with Crippen molar-refractivity contribution < 1.29 is 14.7 Å². The van der Waals surface area contributed by atoms with E-state index in [1.807, 2.05) is 78.5 Å². The Morgan fingerprint density at radius 1 is 0.861 bits per heavy atom. The van der Waals surface area contributed by atoms with E-state index in [1.165, 1.54) is 4.90 Å². The Bertz CT molecular complexity index is 1730. The number of amides is 1. The van der Waals surface area contributed by atoms with Gasteiger partial charge in [-0.05, 0) is 41.1 Å². The SMILES string of the molecule is Cn1cc(C2/C(=C(\O)c3ccc4ccccc4c3)C(=O)C(=O)N2c2cccc(Cl)c2)c2ccccc21. The first-order valence-corrected chi connectivity index (χ1v) is 11.9. The molecule has 6 heteroatoms. The Labute approximate surface area is 212 Å². The summed E-state index contributed by atoms with van der Waals surface area (Å²) in [5.41, 5.74) is 2.71. The van der Waals surface area contributed by atoms with Gasteiger partial charge in [-0.3, -0.25) is 14.5 Å². The Hall–Kier alpha value is -4.35. The van der Waals surface area contributed by atoms with Crippen molar-refractivity contribution in [2.45, 2.75) is 6.04 Å². The summed E-state index contributed by atoms with van der Waals surface area (Å²) in [6.07, 6.45) is 1.91. The van der Waals surface area contributed by atoms with Crippen LogP contribution in [0.4, 0.5) is 5.69 Å². The third-order valence-corrected chi connectivity index (χ3v) is 7.01. The molecule has 176 valence electrons. The molecule has 0 radical (unpaired) electrons. The molecular formula is C30H21ClN2O3. The smallest absolute Gasteiger partial charge is 0.300 e. The van der Waals surface area contributed by atoms with Crippen molar-refractivity contribution in [1.29, 1.82) is 0 Å². The lowest BCUT2D eigenvalue weighted by Crippen LogP contribution is -2.29. The number of para-hydroxylation sites is 1. The van der Waals surface area contributed by atoms with Crippen LogP contribution in [0.3, 0.4) is 0 Å². The molecular weight excluding hydrogens is 472 g/mol. The van der Waals surface area contributed by atoms with Gasteiger partial charge in [-0.15, -0.1) is 0 Å². The van der Waals surface area contributed by atoms with Crippen LogP contribution >= 0.6 is 11.6 Å². The van der Waals surface area contributed by atoms with Crippen LogP contribution in [0.1, 0.15) is 17.2 Å². The maximum atomic E-state index is 13.5. The van der Waals surface area contributed by atoms with Gasteiger partial charge in [-0.1, -0.05) is 72.3 Å². The van der Waals surface area contributed by atoms with Crippen LogP contribution < -0.4 is 4.90 Å². The van der Waals surface area contributed by atoms with Crippen molar-refractivity contribution in [3.05, 3.63) is 119 Å². The van der Waals surface area contributed by atoms with Gasteiger partial charge in [-0.2, -0.15) is 0 Å². The molecule has 1 atom stereocenters. The molecule has 36 heavy (non-hydrogen) atoms. The van der Waals surface area contributed by atoms with Crippen LogP contribution in [0.15, 0.2) is 103 Å². The summed E-state index contributed by atoms with van der Waals surface area (Å²) >= 11 is 6.26. The highest BCUT2D eigenvalue weighted by Crippen LogP contribution is 2.45. The first-order chi connectivity index (χ1) is 17.4. The average Bonchev–Trinajstić information content (AvgIpc) is 3.36. The van der Waals surface area contributed by atoms with Crippen molar-refractivity contribution in [3.63, 3.8) is 0 Å². The molecule has 0 bridgehead atoms. The van der Waals surface area contributed by atoms with Gasteiger partial charge < -0.3 is 9.67 Å². The summed E-state index contributed by atoms with van der Waals surface area (Å²) in [6, 6.07) is 27.1. The van der Waals surface area contributed by atoms with Gasteiger partial charge in [0.25, 0.3) is 11.7 Å². The summed E-state index contributed by atoms with van der Waals surface area (Å²) < 4.78 is 1.96. The highest BCUT2D eigenvalue weighted by Gasteiger charge is 2.48. The zero-order valence-corrected chi connectivity index (χ0v) is 20.1. The summed E-state index contributed by atoms with van der Waals surface area (Å²) in [5, 5.41) is 14.8. The molecule has 5 aromatic rings. The molecule has 0 spiro atoms. The standard InChI is InChI=1S/C30H21ClN2O3/c1-32-17-24(23-11-4-5-12-25(23)32)27-26(28(34)20-14-13-18-7-2-3-8-19(18)15-20)29(35)30(36)33(27)22-10-6-9-21(31)16-22/h2-17,27,34H,1H3/b28-26+. The maximum absolute atomic E-state index is 13.5. The topological polar surface area (TPSA) is 62.5 Å². The van der Waals surface area contributed by atoms with Gasteiger partial charge in [0, 0.05) is 46.0 Å². The van der Waals surface area contributed by atoms with Crippen LogP contribution in [-0.2, 0) is 16.6 Å². The highest BCUT2D eigenvalue weighted by atomic mass is 35.5. The van der Waals surface area contributed by atoms with Gasteiger partial charge in [-0.25, -0.2) is 0 Å². The van der Waals surface area contributed by atoms with Gasteiger partial charge in [0.05, 0.1) is 11.6 Å². The number of carbonyl (C=O) groups is 2. The van der Waals surface area contributed by atoms with E-state index >= 15 is 0 Å². The number of anilines is 1. The number of Topliss-reactive ketones (excluding diaryl/α,β-unsaturated/α-hetero) is 1. The largest absolute Gasteiger partial charge is 0.507 e. The second-order valence-corrected chi connectivity index (χ2v) is 9.36. The Morgan fingerprint density at radius 2 is 1.61 bits per heavy atom. The van der Waals surface area contributed by atoms with Crippen LogP contribution in [0.5, 0.6) is 0 Å². The predicted octanol–water partition coefficient (Wildman–Crippen LogP) is 6.61. The Morgan fingerprint density at radius 3 is 2.42 bits per heavy atom. The predicted molar refractivity (Wildman–Crippen MR) is 143 cm³/mol. The Kier molecular flexibility index (Phi) is 5.16. The van der Waals surface area contributed by atoms with Crippen LogP contribution in [0.2, 0.25) is 5.02 Å². The molecule has 6 rings (SSSR count). The first kappa shape index (κ1) is 22.1. The summed E-state index contributed by atoms with van der Waals surface area (Å²) in [4.78, 5) is 28.4. The average molecular weight is 493 g/mol. The third kappa shape index (κ3) is 3.40. The van der Waals surface area contributed by atoms with Crippen LogP contribution in [-0.4, -0.2) is 21.4 Å². The van der Waals surface area contributed by atoms with Crippen molar-refractivity contribution >= 4 is 56.4 Å². The normalized spacial score (nSPS) is 17.4. The second kappa shape index (κ2) is 8.40. The minimum atomic E-state index is -0.832. The third-order valence-electron chi connectivity index (χ3n) is 6.78. The number of fused-ring (bicyclic) bond motifs is 2. The van der Waals surface area contributed by atoms with Gasteiger partial charge in [0.2, 0.25) is 0 Å². The Balaban J connectivity index is 1.63. The van der Waals surface area contributed by atoms with E-state index < -0.39 is 17.7 Å². The number of aromatic nitrogens is 1. The quantitative estimate of drug-likeness (QED) is 0.175. The molecule has 1 aliphatic heterocycles. The van der Waals surface area contributed by atoms with Gasteiger partial charge in [0.1, 0.15) is 5.76 Å². The van der Waals surface area contributed by atoms with Gasteiger partial charge >= 0.3 is 0 Å². The molecule has 1 N–H and O–H groups in total. The minimum Gasteiger partial charge on any atom is -0.507 e. The van der Waals surface area contributed by atoms with E-state index in [1.54, 1.807) is 30.3 Å². The fraction of sp³-hybridized carbons (Fsp3) is 0.0667. The highest BCUT2D eigenvalue weighted by molar-refractivity contribution is 6.52. The van der Waals surface area contributed by atoms with E-state index in [-0.39, 0.29) is 11.3 Å². The number of carbonyl (C=O) groups excluding carboxylic acids is 2. The number of hydrogen-bond acceptors (Lipinski definition) is 3. The number of aliphatic hydroxyl groups is 1. The van der Waals surface area contributed by atoms with E-state index in [4.69, 9.17) is 11.6 Å². The number of rotatable bonds is 3. The van der Waals surface area contributed by atoms with E-state index in [9.17, 15) is 14.7 Å².